The first-order valence-corrected chi connectivity index (χ1v) is 10.9. The highest BCUT2D eigenvalue weighted by atomic mass is 19.2. The fraction of sp³-hybridized carbons (Fsp3) is 0.520. The van der Waals surface area contributed by atoms with E-state index in [-0.39, 0.29) is 11.5 Å². The van der Waals surface area contributed by atoms with Crippen LogP contribution in [0.15, 0.2) is 24.3 Å². The van der Waals surface area contributed by atoms with Crippen molar-refractivity contribution in [2.75, 3.05) is 14.2 Å². The second-order valence-corrected chi connectivity index (χ2v) is 8.10. The van der Waals surface area contributed by atoms with Crippen molar-refractivity contribution in [2.24, 2.45) is 0 Å². The molecule has 0 bridgehead atoms. The van der Waals surface area contributed by atoms with Crippen LogP contribution in [0.4, 0.5) is 22.0 Å². The van der Waals surface area contributed by atoms with Crippen LogP contribution >= 0.6 is 0 Å². The predicted molar refractivity (Wildman–Crippen MR) is 115 cm³/mol. The average molecular weight is 459 g/mol. The maximum Gasteiger partial charge on any atom is 0.200 e. The molecule has 0 radical (unpaired) electrons. The van der Waals surface area contributed by atoms with Gasteiger partial charge in [0.05, 0.1) is 5.56 Å². The Kier molecular flexibility index (Phi) is 9.64. The summed E-state index contributed by atoms with van der Waals surface area (Å²) in [5, 5.41) is 0. The normalized spacial score (nSPS) is 12.9. The molecule has 2 nitrogen and oxygen atoms in total. The van der Waals surface area contributed by atoms with Crippen LogP contribution in [-0.4, -0.2) is 20.0 Å². The molecular formula is C25H31F5O2. The van der Waals surface area contributed by atoms with Gasteiger partial charge < -0.3 is 9.47 Å². The lowest BCUT2D eigenvalue weighted by atomic mass is 9.84. The van der Waals surface area contributed by atoms with Crippen molar-refractivity contribution in [3.63, 3.8) is 0 Å². The third-order valence-corrected chi connectivity index (χ3v) is 6.08. The van der Waals surface area contributed by atoms with Crippen LogP contribution in [-0.2, 0) is 9.47 Å². The highest BCUT2D eigenvalue weighted by molar-refractivity contribution is 5.66. The highest BCUT2D eigenvalue weighted by Crippen LogP contribution is 2.39. The van der Waals surface area contributed by atoms with Crippen molar-refractivity contribution in [1.82, 2.24) is 0 Å². The maximum absolute atomic E-state index is 14.4. The van der Waals surface area contributed by atoms with E-state index in [1.165, 1.54) is 38.8 Å². The number of rotatable bonds is 12. The standard InChI is InChI=1S/C25H31F5O2/c1-5-6-7-8-9-10-14-18(25(2,31-3)32-4)16-12-11-13-17(15-16)19-20(26)22(28)24(30)23(29)21(19)27/h11-13,15,18H,5-10,14H2,1-4H3. The van der Waals surface area contributed by atoms with Crippen molar-refractivity contribution < 1.29 is 31.4 Å². The molecule has 0 amide bonds. The first-order valence-electron chi connectivity index (χ1n) is 10.9. The van der Waals surface area contributed by atoms with Gasteiger partial charge in [0.15, 0.2) is 29.1 Å². The molecule has 0 saturated carbocycles. The van der Waals surface area contributed by atoms with E-state index in [0.29, 0.717) is 12.0 Å². The number of halogens is 5. The molecule has 7 heteroatoms. The van der Waals surface area contributed by atoms with Crippen LogP contribution in [0.2, 0.25) is 0 Å². The molecule has 0 aliphatic carbocycles. The van der Waals surface area contributed by atoms with E-state index < -0.39 is 40.4 Å². The Labute approximate surface area is 186 Å². The van der Waals surface area contributed by atoms with Gasteiger partial charge in [-0.1, -0.05) is 69.7 Å². The van der Waals surface area contributed by atoms with E-state index in [2.05, 4.69) is 6.92 Å². The summed E-state index contributed by atoms with van der Waals surface area (Å²) in [6.07, 6.45) is 7.15. The van der Waals surface area contributed by atoms with Gasteiger partial charge in [-0.15, -0.1) is 0 Å². The molecule has 178 valence electrons. The fourth-order valence-electron chi connectivity index (χ4n) is 4.00. The lowest BCUT2D eigenvalue weighted by molar-refractivity contribution is -0.210. The maximum atomic E-state index is 14.4. The molecule has 2 aromatic rings. The van der Waals surface area contributed by atoms with Crippen molar-refractivity contribution in [1.29, 1.82) is 0 Å². The summed E-state index contributed by atoms with van der Waals surface area (Å²) in [6, 6.07) is 6.03. The Morgan fingerprint density at radius 3 is 1.88 bits per heavy atom. The fourth-order valence-corrected chi connectivity index (χ4v) is 4.00. The van der Waals surface area contributed by atoms with E-state index in [4.69, 9.17) is 9.47 Å². The van der Waals surface area contributed by atoms with Gasteiger partial charge in [0.2, 0.25) is 5.82 Å². The molecule has 1 unspecified atom stereocenters. The number of benzene rings is 2. The summed E-state index contributed by atoms with van der Waals surface area (Å²) < 4.78 is 80.9. The molecule has 0 aliphatic rings. The second kappa shape index (κ2) is 11.8. The van der Waals surface area contributed by atoms with Gasteiger partial charge in [0, 0.05) is 20.1 Å². The minimum Gasteiger partial charge on any atom is -0.353 e. The van der Waals surface area contributed by atoms with Crippen LogP contribution in [0.5, 0.6) is 0 Å². The van der Waals surface area contributed by atoms with Crippen LogP contribution in [0.3, 0.4) is 0 Å². The SMILES string of the molecule is CCCCCCCCC(c1cccc(-c2c(F)c(F)c(F)c(F)c2F)c1)C(C)(OC)OC. The monoisotopic (exact) mass is 458 g/mol. The van der Waals surface area contributed by atoms with Crippen molar-refractivity contribution >= 4 is 0 Å². The number of unbranched alkanes of at least 4 members (excludes halogenated alkanes) is 5. The molecule has 0 aromatic heterocycles. The molecule has 0 fully saturated rings. The predicted octanol–water partition coefficient (Wildman–Crippen LogP) is 7.89. The molecule has 0 N–H and O–H groups in total. The summed E-state index contributed by atoms with van der Waals surface area (Å²) in [5.74, 6) is -11.2. The minimum absolute atomic E-state index is 0.0993. The number of hydrogen-bond acceptors (Lipinski definition) is 2. The minimum atomic E-state index is -2.17. The molecule has 0 spiro atoms. The summed E-state index contributed by atoms with van der Waals surface area (Å²) in [5.41, 5.74) is -0.415. The number of hydrogen-bond donors (Lipinski definition) is 0. The zero-order chi connectivity index (χ0) is 23.9. The van der Waals surface area contributed by atoms with Crippen LogP contribution in [0, 0.1) is 29.1 Å². The highest BCUT2D eigenvalue weighted by Gasteiger charge is 2.36. The van der Waals surface area contributed by atoms with E-state index in [0.717, 1.165) is 32.1 Å². The molecule has 0 aliphatic heterocycles. The Morgan fingerprint density at radius 1 is 0.781 bits per heavy atom. The van der Waals surface area contributed by atoms with Gasteiger partial charge >= 0.3 is 0 Å². The largest absolute Gasteiger partial charge is 0.353 e. The van der Waals surface area contributed by atoms with E-state index in [9.17, 15) is 22.0 Å². The third-order valence-electron chi connectivity index (χ3n) is 6.08. The molecule has 0 heterocycles. The van der Waals surface area contributed by atoms with E-state index in [1.54, 1.807) is 13.0 Å². The number of methoxy groups -OCH3 is 2. The Bertz CT molecular complexity index is 867. The quantitative estimate of drug-likeness (QED) is 0.106. The smallest absolute Gasteiger partial charge is 0.200 e. The molecule has 0 saturated heterocycles. The first kappa shape index (κ1) is 26.3. The number of ether oxygens (including phenoxy) is 2. The molecular weight excluding hydrogens is 427 g/mol. The molecule has 1 atom stereocenters. The van der Waals surface area contributed by atoms with Crippen molar-refractivity contribution in [3.05, 3.63) is 58.9 Å². The Balaban J connectivity index is 2.42. The molecule has 2 aromatic carbocycles. The average Bonchev–Trinajstić information content (AvgIpc) is 2.81. The van der Waals surface area contributed by atoms with Gasteiger partial charge in [-0.25, -0.2) is 22.0 Å². The van der Waals surface area contributed by atoms with E-state index in [1.807, 2.05) is 0 Å². The molecule has 2 rings (SSSR count). The lowest BCUT2D eigenvalue weighted by Crippen LogP contribution is -2.37. The summed E-state index contributed by atoms with van der Waals surface area (Å²) in [6.45, 7) is 3.91. The Morgan fingerprint density at radius 2 is 1.31 bits per heavy atom. The van der Waals surface area contributed by atoms with Crippen LogP contribution in [0.1, 0.15) is 70.3 Å². The summed E-state index contributed by atoms with van der Waals surface area (Å²) in [7, 11) is 3.01. The van der Waals surface area contributed by atoms with Gasteiger partial charge in [0.25, 0.3) is 0 Å². The summed E-state index contributed by atoms with van der Waals surface area (Å²) in [4.78, 5) is 0. The third kappa shape index (κ3) is 5.67. The zero-order valence-corrected chi connectivity index (χ0v) is 19.0. The molecule has 32 heavy (non-hydrogen) atoms. The van der Waals surface area contributed by atoms with Gasteiger partial charge in [-0.3, -0.25) is 0 Å². The van der Waals surface area contributed by atoms with Crippen molar-refractivity contribution in [2.45, 2.75) is 70.5 Å². The second-order valence-electron chi connectivity index (χ2n) is 8.10. The van der Waals surface area contributed by atoms with Gasteiger partial charge in [-0.2, -0.15) is 0 Å². The van der Waals surface area contributed by atoms with Crippen LogP contribution in [0.25, 0.3) is 11.1 Å². The van der Waals surface area contributed by atoms with Crippen molar-refractivity contribution in [3.8, 4) is 11.1 Å². The van der Waals surface area contributed by atoms with E-state index >= 15 is 0 Å². The zero-order valence-electron chi connectivity index (χ0n) is 19.0. The van der Waals surface area contributed by atoms with Crippen LogP contribution < -0.4 is 0 Å². The van der Waals surface area contributed by atoms with Gasteiger partial charge in [-0.05, 0) is 24.5 Å². The summed E-state index contributed by atoms with van der Waals surface area (Å²) >= 11 is 0. The van der Waals surface area contributed by atoms with Gasteiger partial charge in [0.1, 0.15) is 0 Å². The Hall–Kier alpha value is -1.99. The first-order chi connectivity index (χ1) is 15.2. The topological polar surface area (TPSA) is 18.5 Å². The lowest BCUT2D eigenvalue weighted by Gasteiger charge is -2.36.